The normalized spacial score (nSPS) is 21.8. The van der Waals surface area contributed by atoms with Crippen LogP contribution < -0.4 is 11.1 Å². The zero-order chi connectivity index (χ0) is 23.7. The van der Waals surface area contributed by atoms with Crippen LogP contribution in [0.4, 0.5) is 5.95 Å². The third-order valence-electron chi connectivity index (χ3n) is 7.05. The van der Waals surface area contributed by atoms with Crippen molar-refractivity contribution < 1.29 is 4.74 Å². The minimum atomic E-state index is -0.378. The second kappa shape index (κ2) is 9.67. The van der Waals surface area contributed by atoms with Crippen molar-refractivity contribution in [1.29, 1.82) is 5.26 Å². The largest absolute Gasteiger partial charge is 0.403 e. The number of nitrogens with zero attached hydrogens (tertiary/aromatic N) is 5. The van der Waals surface area contributed by atoms with Gasteiger partial charge in [0.05, 0.1) is 48.5 Å². The van der Waals surface area contributed by atoms with Crippen LogP contribution in [0.3, 0.4) is 0 Å². The Morgan fingerprint density at radius 2 is 2.12 bits per heavy atom. The summed E-state index contributed by atoms with van der Waals surface area (Å²) in [4.78, 5) is 15.9. The first-order valence-corrected chi connectivity index (χ1v) is 12.3. The number of ether oxygens (including phenoxy) is 1. The number of allylic oxidation sites excluding steroid dienone is 1. The first kappa shape index (κ1) is 23.3. The van der Waals surface area contributed by atoms with Gasteiger partial charge in [0, 0.05) is 22.8 Å². The summed E-state index contributed by atoms with van der Waals surface area (Å²) in [7, 11) is 0. The molecule has 10 heteroatoms. The van der Waals surface area contributed by atoms with Gasteiger partial charge in [-0.3, -0.25) is 9.89 Å². The molecule has 178 valence electrons. The van der Waals surface area contributed by atoms with Gasteiger partial charge in [-0.1, -0.05) is 23.2 Å². The van der Waals surface area contributed by atoms with Crippen molar-refractivity contribution in [2.75, 3.05) is 38.2 Å². The van der Waals surface area contributed by atoms with Crippen LogP contribution in [0.1, 0.15) is 37.2 Å². The van der Waals surface area contributed by atoms with Gasteiger partial charge < -0.3 is 15.8 Å². The number of piperidine rings is 1. The maximum absolute atomic E-state index is 9.23. The topological polar surface area (TPSA) is 112 Å². The number of nitrogens with one attached hydrogen (secondary N) is 1. The van der Waals surface area contributed by atoms with Crippen molar-refractivity contribution in [2.45, 2.75) is 37.6 Å². The van der Waals surface area contributed by atoms with Crippen LogP contribution in [0.15, 0.2) is 35.2 Å². The number of benzene rings is 1. The Morgan fingerprint density at radius 1 is 1.35 bits per heavy atom. The zero-order valence-electron chi connectivity index (χ0n) is 18.8. The van der Waals surface area contributed by atoms with Crippen LogP contribution in [0, 0.1) is 16.7 Å². The summed E-state index contributed by atoms with van der Waals surface area (Å²) in [6, 6.07) is 6.89. The van der Waals surface area contributed by atoms with Gasteiger partial charge in [-0.05, 0) is 62.4 Å². The fourth-order valence-electron chi connectivity index (χ4n) is 4.49. The molecule has 1 aromatic carbocycles. The number of likely N-dealkylation sites (tertiary alicyclic amines) is 1. The molecule has 5 rings (SSSR count). The van der Waals surface area contributed by atoms with Gasteiger partial charge in [0.15, 0.2) is 0 Å². The Bertz CT molecular complexity index is 1180. The number of aromatic nitrogens is 2. The fraction of sp³-hybridized carbons (Fsp3) is 0.500. The number of fused-ring (bicyclic) bond motifs is 1. The van der Waals surface area contributed by atoms with Gasteiger partial charge in [0.2, 0.25) is 5.95 Å². The minimum absolute atomic E-state index is 0.202. The molecule has 2 aliphatic heterocycles. The van der Waals surface area contributed by atoms with Crippen molar-refractivity contribution in [3.63, 3.8) is 0 Å². The average Bonchev–Trinajstić information content (AvgIpc) is 3.61. The van der Waals surface area contributed by atoms with Crippen LogP contribution >= 0.6 is 23.2 Å². The van der Waals surface area contributed by atoms with Gasteiger partial charge in [0.25, 0.3) is 0 Å². The van der Waals surface area contributed by atoms with E-state index in [1.807, 2.05) is 6.07 Å². The average molecular weight is 500 g/mol. The Kier molecular flexibility index (Phi) is 6.63. The highest BCUT2D eigenvalue weighted by atomic mass is 35.5. The summed E-state index contributed by atoms with van der Waals surface area (Å²) < 4.78 is 5.34. The molecule has 0 bridgehead atoms. The molecular weight excluding hydrogens is 473 g/mol. The summed E-state index contributed by atoms with van der Waals surface area (Å²) in [5.41, 5.74) is 7.72. The number of anilines is 1. The Labute approximate surface area is 208 Å². The lowest BCUT2D eigenvalue weighted by atomic mass is 9.88. The van der Waals surface area contributed by atoms with E-state index in [9.17, 15) is 5.26 Å². The van der Waals surface area contributed by atoms with E-state index >= 15 is 0 Å². The number of nitrogens with two attached hydrogens (primary N) is 1. The van der Waals surface area contributed by atoms with Crippen molar-refractivity contribution in [3.05, 3.63) is 40.8 Å². The predicted octanol–water partition coefficient (Wildman–Crippen LogP) is 4.01. The number of hydrogen-bond acceptors (Lipinski definition) is 8. The highest BCUT2D eigenvalue weighted by Crippen LogP contribution is 2.45. The molecule has 0 atom stereocenters. The lowest BCUT2D eigenvalue weighted by Gasteiger charge is -2.41. The standard InChI is InChI=1S/C24H27Cl2N7O/c25-19-7-16-10-29-23(32-21(9-27)22(26)30-14-24(13-28)3-4-24)31-20(16)8-18(19)15-1-5-33(6-2-15)17-11-34-12-17/h7-10,15,17H,1-6,11-12,14,27H2,(H,29,31,32)/b21-9+,30-22?. The summed E-state index contributed by atoms with van der Waals surface area (Å²) in [5, 5.41) is 14.1. The van der Waals surface area contributed by atoms with Crippen LogP contribution in [0.25, 0.3) is 10.9 Å². The van der Waals surface area contributed by atoms with E-state index in [0.717, 1.165) is 73.5 Å². The number of aliphatic imine (C=N–C) groups is 1. The highest BCUT2D eigenvalue weighted by Gasteiger charge is 2.43. The lowest BCUT2D eigenvalue weighted by Crippen LogP contribution is -2.51. The van der Waals surface area contributed by atoms with Gasteiger partial charge >= 0.3 is 0 Å². The Morgan fingerprint density at radius 3 is 2.74 bits per heavy atom. The third-order valence-corrected chi connectivity index (χ3v) is 7.70. The maximum Gasteiger partial charge on any atom is 0.227 e. The molecule has 3 N–H and O–H groups in total. The number of halogens is 2. The number of nitriles is 1. The van der Waals surface area contributed by atoms with Crippen LogP contribution in [0.2, 0.25) is 5.02 Å². The molecule has 0 unspecified atom stereocenters. The van der Waals surface area contributed by atoms with Crippen LogP contribution in [-0.4, -0.2) is 58.9 Å². The van der Waals surface area contributed by atoms with Crippen molar-refractivity contribution >= 4 is 45.2 Å². The van der Waals surface area contributed by atoms with E-state index in [2.05, 4.69) is 37.3 Å². The second-order valence-corrected chi connectivity index (χ2v) is 10.1. The summed E-state index contributed by atoms with van der Waals surface area (Å²) in [6.45, 7) is 4.16. The SMILES string of the molecule is N#CC1(CN=C(Cl)/C(=C\N)Nc2ncc3cc(Cl)c(C4CCN(C5COC5)CC4)cc3n2)CC1. The van der Waals surface area contributed by atoms with Crippen molar-refractivity contribution in [3.8, 4) is 6.07 Å². The quantitative estimate of drug-likeness (QED) is 0.553. The Hall–Kier alpha value is -2.44. The first-order valence-electron chi connectivity index (χ1n) is 11.6. The van der Waals surface area contributed by atoms with Gasteiger partial charge in [-0.2, -0.15) is 5.26 Å². The van der Waals surface area contributed by atoms with Crippen LogP contribution in [-0.2, 0) is 4.74 Å². The molecule has 8 nitrogen and oxygen atoms in total. The molecule has 3 heterocycles. The third kappa shape index (κ3) is 4.84. The molecule has 0 spiro atoms. The molecule has 3 fully saturated rings. The van der Waals surface area contributed by atoms with E-state index < -0.39 is 0 Å². The monoisotopic (exact) mass is 499 g/mol. The number of rotatable bonds is 7. The molecule has 34 heavy (non-hydrogen) atoms. The molecule has 1 aliphatic carbocycles. The molecule has 3 aliphatic rings. The lowest BCUT2D eigenvalue weighted by molar-refractivity contribution is -0.0712. The van der Waals surface area contributed by atoms with Crippen molar-refractivity contribution in [1.82, 2.24) is 14.9 Å². The fourth-order valence-corrected chi connectivity index (χ4v) is 4.99. The molecular formula is C24H27Cl2N7O. The zero-order valence-corrected chi connectivity index (χ0v) is 20.3. The van der Waals surface area contributed by atoms with E-state index in [0.29, 0.717) is 30.1 Å². The van der Waals surface area contributed by atoms with Crippen LogP contribution in [0.5, 0.6) is 0 Å². The molecule has 1 saturated carbocycles. The molecule has 1 aromatic heterocycles. The van der Waals surface area contributed by atoms with Crippen molar-refractivity contribution in [2.24, 2.45) is 16.1 Å². The van der Waals surface area contributed by atoms with Gasteiger partial charge in [-0.25, -0.2) is 9.97 Å². The molecule has 2 saturated heterocycles. The summed E-state index contributed by atoms with van der Waals surface area (Å²) in [6.07, 6.45) is 6.88. The van der Waals surface area contributed by atoms with E-state index in [1.165, 1.54) is 6.20 Å². The minimum Gasteiger partial charge on any atom is -0.403 e. The maximum atomic E-state index is 9.23. The molecule has 0 radical (unpaired) electrons. The summed E-state index contributed by atoms with van der Waals surface area (Å²) in [5.74, 6) is 0.767. The van der Waals surface area contributed by atoms with Gasteiger partial charge in [-0.15, -0.1) is 0 Å². The van der Waals surface area contributed by atoms with E-state index in [1.54, 1.807) is 6.20 Å². The number of hydrogen-bond donors (Lipinski definition) is 2. The Balaban J connectivity index is 1.31. The smallest absolute Gasteiger partial charge is 0.227 e. The molecule has 0 amide bonds. The van der Waals surface area contributed by atoms with E-state index in [4.69, 9.17) is 33.7 Å². The van der Waals surface area contributed by atoms with E-state index in [-0.39, 0.29) is 10.6 Å². The predicted molar refractivity (Wildman–Crippen MR) is 134 cm³/mol. The second-order valence-electron chi connectivity index (χ2n) is 9.33. The summed E-state index contributed by atoms with van der Waals surface area (Å²) >= 11 is 13.0. The first-order chi connectivity index (χ1) is 16.5. The molecule has 2 aromatic rings. The van der Waals surface area contributed by atoms with Gasteiger partial charge in [0.1, 0.15) is 5.17 Å². The highest BCUT2D eigenvalue weighted by molar-refractivity contribution is 6.69.